The van der Waals surface area contributed by atoms with E-state index in [-0.39, 0.29) is 11.2 Å². The average Bonchev–Trinajstić information content (AvgIpc) is 2.57. The summed E-state index contributed by atoms with van der Waals surface area (Å²) in [6.07, 6.45) is 0. The summed E-state index contributed by atoms with van der Waals surface area (Å²) in [6, 6.07) is 18.2. The van der Waals surface area contributed by atoms with E-state index in [0.717, 1.165) is 34.1 Å². The molecule has 1 unspecified atom stereocenters. The Morgan fingerprint density at radius 1 is 1.00 bits per heavy atom. The first-order chi connectivity index (χ1) is 10.3. The van der Waals surface area contributed by atoms with Crippen molar-refractivity contribution in [1.82, 2.24) is 0 Å². The van der Waals surface area contributed by atoms with Crippen molar-refractivity contribution in [1.29, 1.82) is 0 Å². The van der Waals surface area contributed by atoms with Crippen molar-refractivity contribution in [2.75, 3.05) is 22.6 Å². The second-order valence-corrected chi connectivity index (χ2v) is 7.30. The molecule has 1 atom stereocenters. The van der Waals surface area contributed by atoms with Crippen molar-refractivity contribution >= 4 is 35.1 Å². The third-order valence-electron chi connectivity index (χ3n) is 3.38. The van der Waals surface area contributed by atoms with Crippen LogP contribution in [0, 0.1) is 0 Å². The second kappa shape index (κ2) is 7.05. The number of hydrogen-bond acceptors (Lipinski definition) is 3. The number of carbonyl (C=O) groups is 1. The molecule has 1 saturated heterocycles. The summed E-state index contributed by atoms with van der Waals surface area (Å²) < 4.78 is 0. The summed E-state index contributed by atoms with van der Waals surface area (Å²) in [6.45, 7) is 0. The molecular formula is C17H17NOS2. The number of anilines is 1. The van der Waals surface area contributed by atoms with Gasteiger partial charge in [-0.05, 0) is 11.6 Å². The maximum Gasteiger partial charge on any atom is 0.238 e. The molecule has 1 heterocycles. The Bertz CT molecular complexity index is 609. The van der Waals surface area contributed by atoms with Gasteiger partial charge < -0.3 is 5.32 Å². The zero-order chi connectivity index (χ0) is 14.5. The number of para-hydroxylation sites is 1. The Kier molecular flexibility index (Phi) is 4.88. The van der Waals surface area contributed by atoms with Crippen molar-refractivity contribution < 1.29 is 4.79 Å². The molecule has 0 saturated carbocycles. The van der Waals surface area contributed by atoms with Gasteiger partial charge in [0.25, 0.3) is 0 Å². The maximum atomic E-state index is 12.4. The van der Waals surface area contributed by atoms with Gasteiger partial charge in [0.15, 0.2) is 0 Å². The minimum Gasteiger partial charge on any atom is -0.325 e. The van der Waals surface area contributed by atoms with Crippen LogP contribution in [0.15, 0.2) is 54.6 Å². The molecule has 4 heteroatoms. The molecule has 2 aromatic carbocycles. The Labute approximate surface area is 133 Å². The third kappa shape index (κ3) is 3.63. The van der Waals surface area contributed by atoms with Crippen LogP contribution in [0.4, 0.5) is 5.69 Å². The van der Waals surface area contributed by atoms with Gasteiger partial charge in [0.05, 0.1) is 5.25 Å². The Morgan fingerprint density at radius 2 is 1.76 bits per heavy atom. The van der Waals surface area contributed by atoms with E-state index in [4.69, 9.17) is 0 Å². The van der Waals surface area contributed by atoms with Crippen LogP contribution in [0.25, 0.3) is 11.1 Å². The third-order valence-corrected chi connectivity index (χ3v) is 6.13. The van der Waals surface area contributed by atoms with Crippen molar-refractivity contribution in [2.45, 2.75) is 5.25 Å². The van der Waals surface area contributed by atoms with Crippen LogP contribution in [-0.2, 0) is 4.79 Å². The van der Waals surface area contributed by atoms with Gasteiger partial charge >= 0.3 is 0 Å². The normalized spacial score (nSPS) is 18.2. The summed E-state index contributed by atoms with van der Waals surface area (Å²) >= 11 is 3.62. The average molecular weight is 315 g/mol. The van der Waals surface area contributed by atoms with Crippen LogP contribution in [0.3, 0.4) is 0 Å². The topological polar surface area (TPSA) is 29.1 Å². The first kappa shape index (κ1) is 14.5. The Balaban J connectivity index is 1.81. The zero-order valence-electron chi connectivity index (χ0n) is 11.6. The van der Waals surface area contributed by atoms with Crippen LogP contribution in [0.1, 0.15) is 0 Å². The van der Waals surface area contributed by atoms with Crippen molar-refractivity contribution in [2.24, 2.45) is 0 Å². The molecule has 2 nitrogen and oxygen atoms in total. The summed E-state index contributed by atoms with van der Waals surface area (Å²) in [7, 11) is 0. The highest BCUT2D eigenvalue weighted by atomic mass is 32.2. The standard InChI is InChI=1S/C17H17NOS2/c19-17(16-12-20-10-11-21-16)18-15-9-5-4-8-14(15)13-6-2-1-3-7-13/h1-9,16H,10-12H2,(H,18,19). The number of hydrogen-bond donors (Lipinski definition) is 1. The van der Waals surface area contributed by atoms with Crippen LogP contribution < -0.4 is 5.32 Å². The predicted octanol–water partition coefficient (Wildman–Crippen LogP) is 4.14. The molecule has 108 valence electrons. The molecule has 1 amide bonds. The van der Waals surface area contributed by atoms with E-state index in [2.05, 4.69) is 17.4 Å². The van der Waals surface area contributed by atoms with Gasteiger partial charge in [0, 0.05) is 28.5 Å². The maximum absolute atomic E-state index is 12.4. The van der Waals surface area contributed by atoms with Crippen LogP contribution >= 0.6 is 23.5 Å². The van der Waals surface area contributed by atoms with Gasteiger partial charge in [-0.25, -0.2) is 0 Å². The smallest absolute Gasteiger partial charge is 0.238 e. The lowest BCUT2D eigenvalue weighted by atomic mass is 10.0. The summed E-state index contributed by atoms with van der Waals surface area (Å²) in [5.74, 6) is 3.23. The second-order valence-electron chi connectivity index (χ2n) is 4.84. The van der Waals surface area contributed by atoms with Gasteiger partial charge in [0.2, 0.25) is 5.91 Å². The molecule has 0 radical (unpaired) electrons. The Hall–Kier alpha value is -1.39. The van der Waals surface area contributed by atoms with Crippen molar-refractivity contribution in [3.63, 3.8) is 0 Å². The van der Waals surface area contributed by atoms with Crippen molar-refractivity contribution in [3.05, 3.63) is 54.6 Å². The van der Waals surface area contributed by atoms with E-state index in [1.165, 1.54) is 0 Å². The molecule has 2 aromatic rings. The molecule has 0 aromatic heterocycles. The molecular weight excluding hydrogens is 298 g/mol. The highest BCUT2D eigenvalue weighted by Crippen LogP contribution is 2.29. The van der Waals surface area contributed by atoms with Gasteiger partial charge in [-0.2, -0.15) is 11.8 Å². The lowest BCUT2D eigenvalue weighted by Crippen LogP contribution is -2.30. The zero-order valence-corrected chi connectivity index (χ0v) is 13.3. The minimum absolute atomic E-state index is 0.0626. The molecule has 1 fully saturated rings. The molecule has 21 heavy (non-hydrogen) atoms. The molecule has 0 bridgehead atoms. The number of benzene rings is 2. The molecule has 0 aliphatic carbocycles. The predicted molar refractivity (Wildman–Crippen MR) is 94.1 cm³/mol. The highest BCUT2D eigenvalue weighted by molar-refractivity contribution is 8.07. The lowest BCUT2D eigenvalue weighted by Gasteiger charge is -2.21. The van der Waals surface area contributed by atoms with E-state index < -0.39 is 0 Å². The van der Waals surface area contributed by atoms with E-state index >= 15 is 0 Å². The SMILES string of the molecule is O=C(Nc1ccccc1-c1ccccc1)C1CSCCS1. The lowest BCUT2D eigenvalue weighted by molar-refractivity contribution is -0.115. The van der Waals surface area contributed by atoms with E-state index in [0.29, 0.717) is 0 Å². The van der Waals surface area contributed by atoms with E-state index in [9.17, 15) is 4.79 Å². The first-order valence-electron chi connectivity index (χ1n) is 6.99. The van der Waals surface area contributed by atoms with Gasteiger partial charge in [-0.1, -0.05) is 48.5 Å². The van der Waals surface area contributed by atoms with Crippen molar-refractivity contribution in [3.8, 4) is 11.1 Å². The van der Waals surface area contributed by atoms with Gasteiger partial charge in [-0.3, -0.25) is 4.79 Å². The molecule has 1 aliphatic rings. The largest absolute Gasteiger partial charge is 0.325 e. The fourth-order valence-electron chi connectivity index (χ4n) is 2.31. The molecule has 3 rings (SSSR count). The molecule has 1 aliphatic heterocycles. The number of thioether (sulfide) groups is 2. The number of carbonyl (C=O) groups excluding carboxylic acids is 1. The molecule has 1 N–H and O–H groups in total. The van der Waals surface area contributed by atoms with Crippen LogP contribution in [-0.4, -0.2) is 28.4 Å². The summed E-state index contributed by atoms with van der Waals surface area (Å²) in [4.78, 5) is 12.4. The quantitative estimate of drug-likeness (QED) is 0.923. The van der Waals surface area contributed by atoms with Crippen LogP contribution in [0.5, 0.6) is 0 Å². The highest BCUT2D eigenvalue weighted by Gasteiger charge is 2.22. The fourth-order valence-corrected chi connectivity index (χ4v) is 4.87. The van der Waals surface area contributed by atoms with Gasteiger partial charge in [0.1, 0.15) is 0 Å². The van der Waals surface area contributed by atoms with Gasteiger partial charge in [-0.15, -0.1) is 11.8 Å². The first-order valence-corrected chi connectivity index (χ1v) is 9.19. The van der Waals surface area contributed by atoms with E-state index in [1.807, 2.05) is 54.2 Å². The summed E-state index contributed by atoms with van der Waals surface area (Å²) in [5, 5.41) is 3.17. The molecule has 0 spiro atoms. The summed E-state index contributed by atoms with van der Waals surface area (Å²) in [5.41, 5.74) is 3.09. The van der Waals surface area contributed by atoms with E-state index in [1.54, 1.807) is 11.8 Å². The monoisotopic (exact) mass is 315 g/mol. The van der Waals surface area contributed by atoms with Crippen LogP contribution in [0.2, 0.25) is 0 Å². The number of nitrogens with one attached hydrogen (secondary N) is 1. The fraction of sp³-hybridized carbons (Fsp3) is 0.235. The number of rotatable bonds is 3. The number of amides is 1. The Morgan fingerprint density at radius 3 is 2.52 bits per heavy atom. The minimum atomic E-state index is 0.0626.